The minimum Gasteiger partial charge on any atom is -0.486 e. The van der Waals surface area contributed by atoms with E-state index in [1.165, 1.54) is 30.3 Å². The van der Waals surface area contributed by atoms with Gasteiger partial charge in [0, 0.05) is 22.9 Å². The summed E-state index contributed by atoms with van der Waals surface area (Å²) in [5, 5.41) is 0. The molecule has 0 spiro atoms. The fourth-order valence-corrected chi connectivity index (χ4v) is 2.74. The molecule has 2 aromatic rings. The topological polar surface area (TPSA) is 26.3 Å². The average Bonchev–Trinajstić information content (AvgIpc) is 2.50. The van der Waals surface area contributed by atoms with Crippen molar-refractivity contribution in [1.82, 2.24) is 0 Å². The average molecular weight is 376 g/mol. The van der Waals surface area contributed by atoms with Gasteiger partial charge in [-0.3, -0.25) is 4.79 Å². The van der Waals surface area contributed by atoms with Gasteiger partial charge in [0.15, 0.2) is 6.29 Å². The molecule has 2 aromatic carbocycles. The number of rotatable bonds is 6. The van der Waals surface area contributed by atoms with Crippen molar-refractivity contribution in [2.45, 2.75) is 23.3 Å². The number of halogens is 5. The summed E-state index contributed by atoms with van der Waals surface area (Å²) < 4.78 is 70.0. The SMILES string of the molecule is CC(F)(F)c1ccc(OCC=O)c(-c2cccc(SC(F)(F)F)c2)c1. The number of benzene rings is 2. The Hall–Kier alpha value is -2.09. The van der Waals surface area contributed by atoms with Crippen LogP contribution < -0.4 is 4.74 Å². The van der Waals surface area contributed by atoms with Gasteiger partial charge in [-0.15, -0.1) is 0 Å². The second kappa shape index (κ2) is 7.43. The maximum atomic E-state index is 13.6. The molecule has 0 bridgehead atoms. The first-order chi connectivity index (χ1) is 11.6. The molecule has 0 amide bonds. The molecule has 0 aliphatic heterocycles. The smallest absolute Gasteiger partial charge is 0.446 e. The molecule has 0 saturated carbocycles. The van der Waals surface area contributed by atoms with Crippen molar-refractivity contribution in [3.63, 3.8) is 0 Å². The fourth-order valence-electron chi connectivity index (χ4n) is 2.14. The standard InChI is InChI=1S/C17H13F5O2S/c1-16(18,19)12-5-6-15(24-8-7-23)14(10-12)11-3-2-4-13(9-11)25-17(20,21)22/h2-7,9-10H,8H2,1H3. The Morgan fingerprint density at radius 1 is 1.08 bits per heavy atom. The molecule has 0 atom stereocenters. The van der Waals surface area contributed by atoms with Gasteiger partial charge in [-0.05, 0) is 47.7 Å². The van der Waals surface area contributed by atoms with Crippen LogP contribution in [0.2, 0.25) is 0 Å². The normalized spacial score (nSPS) is 12.1. The number of hydrogen-bond donors (Lipinski definition) is 0. The van der Waals surface area contributed by atoms with Gasteiger partial charge >= 0.3 is 5.51 Å². The van der Waals surface area contributed by atoms with Crippen LogP contribution in [0.25, 0.3) is 11.1 Å². The maximum absolute atomic E-state index is 13.6. The summed E-state index contributed by atoms with van der Waals surface area (Å²) in [6.07, 6.45) is 0.488. The van der Waals surface area contributed by atoms with Crippen LogP contribution in [-0.4, -0.2) is 18.4 Å². The quantitative estimate of drug-likeness (QED) is 0.370. The number of alkyl halides is 5. The molecule has 2 nitrogen and oxygen atoms in total. The summed E-state index contributed by atoms with van der Waals surface area (Å²) in [6, 6.07) is 8.96. The molecule has 2 rings (SSSR count). The highest BCUT2D eigenvalue weighted by atomic mass is 32.2. The highest BCUT2D eigenvalue weighted by molar-refractivity contribution is 8.00. The lowest BCUT2D eigenvalue weighted by atomic mass is 9.99. The Morgan fingerprint density at radius 3 is 2.40 bits per heavy atom. The van der Waals surface area contributed by atoms with Crippen molar-refractivity contribution < 1.29 is 31.5 Å². The molecule has 134 valence electrons. The third kappa shape index (κ3) is 5.45. The van der Waals surface area contributed by atoms with Crippen molar-refractivity contribution in [2.24, 2.45) is 0 Å². The molecule has 0 fully saturated rings. The monoisotopic (exact) mass is 376 g/mol. The lowest BCUT2D eigenvalue weighted by Crippen LogP contribution is -2.08. The van der Waals surface area contributed by atoms with Crippen LogP contribution in [0.4, 0.5) is 22.0 Å². The first-order valence-corrected chi connectivity index (χ1v) is 7.87. The highest BCUT2D eigenvalue weighted by Gasteiger charge is 2.29. The Morgan fingerprint density at radius 2 is 1.80 bits per heavy atom. The van der Waals surface area contributed by atoms with E-state index in [1.54, 1.807) is 0 Å². The van der Waals surface area contributed by atoms with E-state index in [0.717, 1.165) is 12.1 Å². The molecule has 0 saturated heterocycles. The largest absolute Gasteiger partial charge is 0.486 e. The van der Waals surface area contributed by atoms with Crippen molar-refractivity contribution in [3.05, 3.63) is 48.0 Å². The molecule has 0 unspecified atom stereocenters. The first-order valence-electron chi connectivity index (χ1n) is 7.05. The van der Waals surface area contributed by atoms with Crippen LogP contribution in [0.1, 0.15) is 12.5 Å². The Kier molecular flexibility index (Phi) is 5.72. The molecular weight excluding hydrogens is 363 g/mol. The summed E-state index contributed by atoms with van der Waals surface area (Å²) >= 11 is -0.302. The molecule has 25 heavy (non-hydrogen) atoms. The number of hydrogen-bond acceptors (Lipinski definition) is 3. The van der Waals surface area contributed by atoms with Gasteiger partial charge in [0.25, 0.3) is 5.92 Å². The Labute approximate surface area is 145 Å². The van der Waals surface area contributed by atoms with Crippen LogP contribution >= 0.6 is 11.8 Å². The number of carbonyl (C=O) groups excluding carboxylic acids is 1. The number of thioether (sulfide) groups is 1. The van der Waals surface area contributed by atoms with Gasteiger partial charge in [-0.25, -0.2) is 8.78 Å². The Balaban J connectivity index is 2.51. The zero-order valence-corrected chi connectivity index (χ0v) is 13.8. The molecule has 0 N–H and O–H groups in total. The van der Waals surface area contributed by atoms with Gasteiger partial charge in [-0.2, -0.15) is 13.2 Å². The predicted molar refractivity (Wildman–Crippen MR) is 84.9 cm³/mol. The van der Waals surface area contributed by atoms with E-state index in [0.29, 0.717) is 13.2 Å². The van der Waals surface area contributed by atoms with Gasteiger partial charge in [0.05, 0.1) is 0 Å². The van der Waals surface area contributed by atoms with E-state index in [1.807, 2.05) is 0 Å². The van der Waals surface area contributed by atoms with Gasteiger partial charge in [0.2, 0.25) is 0 Å². The zero-order valence-electron chi connectivity index (χ0n) is 12.9. The van der Waals surface area contributed by atoms with E-state index in [-0.39, 0.29) is 45.7 Å². The van der Waals surface area contributed by atoms with Gasteiger partial charge < -0.3 is 4.74 Å². The summed E-state index contributed by atoms with van der Waals surface area (Å²) in [7, 11) is 0. The first kappa shape index (κ1) is 19.2. The molecule has 0 aromatic heterocycles. The van der Waals surface area contributed by atoms with Crippen molar-refractivity contribution in [3.8, 4) is 16.9 Å². The molecule has 0 aliphatic rings. The van der Waals surface area contributed by atoms with E-state index < -0.39 is 11.4 Å². The second-order valence-corrected chi connectivity index (χ2v) is 6.29. The van der Waals surface area contributed by atoms with Crippen LogP contribution in [-0.2, 0) is 10.7 Å². The van der Waals surface area contributed by atoms with Crippen LogP contribution in [0.5, 0.6) is 5.75 Å². The third-order valence-corrected chi connectivity index (χ3v) is 3.89. The molecule has 0 heterocycles. The van der Waals surface area contributed by atoms with E-state index in [9.17, 15) is 26.7 Å². The van der Waals surface area contributed by atoms with E-state index in [2.05, 4.69) is 0 Å². The summed E-state index contributed by atoms with van der Waals surface area (Å²) in [4.78, 5) is 10.4. The van der Waals surface area contributed by atoms with Crippen molar-refractivity contribution in [2.75, 3.05) is 6.61 Å². The lowest BCUT2D eigenvalue weighted by Gasteiger charge is -2.16. The molecule has 0 aliphatic carbocycles. The summed E-state index contributed by atoms with van der Waals surface area (Å²) in [5.74, 6) is -3.00. The molecular formula is C17H13F5O2S. The lowest BCUT2D eigenvalue weighted by molar-refractivity contribution is -0.109. The van der Waals surface area contributed by atoms with Crippen LogP contribution in [0.3, 0.4) is 0 Å². The van der Waals surface area contributed by atoms with E-state index >= 15 is 0 Å². The van der Waals surface area contributed by atoms with E-state index in [4.69, 9.17) is 4.74 Å². The summed E-state index contributed by atoms with van der Waals surface area (Å²) in [6.45, 7) is 0.417. The minimum atomic E-state index is -4.46. The summed E-state index contributed by atoms with van der Waals surface area (Å²) in [5.41, 5.74) is -4.31. The fraction of sp³-hybridized carbons (Fsp3) is 0.235. The number of carbonyl (C=O) groups is 1. The number of ether oxygens (including phenoxy) is 1. The number of aldehydes is 1. The zero-order chi connectivity index (χ0) is 18.7. The minimum absolute atomic E-state index is 0.0833. The second-order valence-electron chi connectivity index (χ2n) is 5.15. The van der Waals surface area contributed by atoms with Crippen molar-refractivity contribution in [1.29, 1.82) is 0 Å². The van der Waals surface area contributed by atoms with Gasteiger partial charge in [0.1, 0.15) is 12.4 Å². The van der Waals surface area contributed by atoms with Crippen LogP contribution in [0.15, 0.2) is 47.4 Å². The third-order valence-electron chi connectivity index (χ3n) is 3.17. The van der Waals surface area contributed by atoms with Gasteiger partial charge in [-0.1, -0.05) is 12.1 Å². The maximum Gasteiger partial charge on any atom is 0.446 e. The van der Waals surface area contributed by atoms with Crippen molar-refractivity contribution >= 4 is 18.0 Å². The molecule has 8 heteroatoms. The Bertz CT molecular complexity index is 753. The predicted octanol–water partition coefficient (Wildman–Crippen LogP) is 5.65. The van der Waals surface area contributed by atoms with Crippen LogP contribution in [0, 0.1) is 0 Å². The molecule has 0 radical (unpaired) electrons. The highest BCUT2D eigenvalue weighted by Crippen LogP contribution is 2.40.